The van der Waals surface area contributed by atoms with E-state index in [4.69, 9.17) is 9.26 Å². The Labute approximate surface area is 93.1 Å². The number of rotatable bonds is 4. The van der Waals surface area contributed by atoms with Crippen molar-refractivity contribution in [1.29, 1.82) is 0 Å². The van der Waals surface area contributed by atoms with Crippen molar-refractivity contribution in [2.75, 3.05) is 0 Å². The summed E-state index contributed by atoms with van der Waals surface area (Å²) in [6.45, 7) is 0.886. The Bertz CT molecular complexity index is 275. The zero-order chi connectivity index (χ0) is 10.8. The predicted molar refractivity (Wildman–Crippen MR) is 62.2 cm³/mol. The maximum absolute atomic E-state index is 11.1. The minimum absolute atomic E-state index is 0.0503. The number of esters is 1. The number of carbonyl (C=O) groups excluding carboxylic acids is 2. The Kier molecular flexibility index (Phi) is 3.76. The molecule has 0 radical (unpaired) electrons. The molecule has 0 N–H and O–H groups in total. The molecule has 1 aliphatic heterocycles. The minimum atomic E-state index is -0.177. The largest absolute Gasteiger partial charge is 0.462 e. The van der Waals surface area contributed by atoms with Gasteiger partial charge >= 0.3 is 5.97 Å². The molecule has 0 aromatic carbocycles. The lowest BCUT2D eigenvalue weighted by Gasteiger charge is -2.16. The van der Waals surface area contributed by atoms with Gasteiger partial charge in [0.05, 0.1) is 12.5 Å². The molecule has 0 spiro atoms. The molecule has 2 fully saturated rings. The third kappa shape index (κ3) is 2.25. The smallest absolute Gasteiger partial charge is 0.306 e. The van der Waals surface area contributed by atoms with E-state index in [2.05, 4.69) is 9.12 Å². The molecule has 15 heavy (non-hydrogen) atoms. The van der Waals surface area contributed by atoms with Gasteiger partial charge in [-0.2, -0.15) is 9.12 Å². The van der Waals surface area contributed by atoms with Crippen molar-refractivity contribution in [1.82, 2.24) is 0 Å². The summed E-state index contributed by atoms with van der Waals surface area (Å²) in [6.07, 6.45) is 1.83. The third-order valence-electron chi connectivity index (χ3n) is 3.03. The van der Waals surface area contributed by atoms with Gasteiger partial charge < -0.3 is 14.1 Å². The van der Waals surface area contributed by atoms with Crippen molar-refractivity contribution in [2.24, 2.45) is 11.8 Å². The van der Waals surface area contributed by atoms with Gasteiger partial charge in [-0.25, -0.2) is 0 Å². The van der Waals surface area contributed by atoms with E-state index in [0.717, 1.165) is 13.0 Å². The number of fused-ring (bicyclic) bond motifs is 1. The van der Waals surface area contributed by atoms with Crippen molar-refractivity contribution in [2.45, 2.75) is 25.0 Å². The zero-order valence-corrected chi connectivity index (χ0v) is 10.4. The summed E-state index contributed by atoms with van der Waals surface area (Å²) in [5, 5.41) is 0. The van der Waals surface area contributed by atoms with Crippen LogP contribution < -0.4 is 0 Å². The fourth-order valence-corrected chi connectivity index (χ4v) is 3.22. The van der Waals surface area contributed by atoms with Crippen LogP contribution in [0.2, 0.25) is 0 Å². The first-order valence-electron chi connectivity index (χ1n) is 4.99. The van der Waals surface area contributed by atoms with Crippen LogP contribution in [0.25, 0.3) is 0 Å². The lowest BCUT2D eigenvalue weighted by molar-refractivity contribution is -0.141. The summed E-state index contributed by atoms with van der Waals surface area (Å²) in [5.41, 5.74) is 0. The fourth-order valence-electron chi connectivity index (χ4n) is 2.37. The van der Waals surface area contributed by atoms with Crippen LogP contribution in [0.15, 0.2) is 0 Å². The van der Waals surface area contributed by atoms with E-state index in [1.54, 1.807) is 0 Å². The van der Waals surface area contributed by atoms with Gasteiger partial charge in [-0.15, -0.1) is 0 Å². The van der Waals surface area contributed by atoms with Crippen molar-refractivity contribution < 1.29 is 18.8 Å². The Balaban J connectivity index is 2.00. The number of aldehydes is 1. The van der Waals surface area contributed by atoms with E-state index in [-0.39, 0.29) is 30.0 Å². The highest BCUT2D eigenvalue weighted by molar-refractivity contribution is 7.92. The second-order valence-electron chi connectivity index (χ2n) is 3.85. The van der Waals surface area contributed by atoms with Crippen LogP contribution in [0.4, 0.5) is 0 Å². The third-order valence-corrected chi connectivity index (χ3v) is 4.16. The van der Waals surface area contributed by atoms with E-state index in [1.165, 1.54) is 0 Å². The highest BCUT2D eigenvalue weighted by Gasteiger charge is 2.50. The molecule has 2 aliphatic rings. The summed E-state index contributed by atoms with van der Waals surface area (Å²) < 4.78 is 10.8. The molecule has 82 valence electrons. The van der Waals surface area contributed by atoms with Crippen LogP contribution >= 0.6 is 17.8 Å². The highest BCUT2D eigenvalue weighted by Crippen LogP contribution is 2.43. The summed E-state index contributed by atoms with van der Waals surface area (Å²) in [6, 6.07) is 0. The molecule has 0 aromatic rings. The molecule has 4 nitrogen and oxygen atoms in total. The Morgan fingerprint density at radius 2 is 2.47 bits per heavy atom. The van der Waals surface area contributed by atoms with Crippen LogP contribution in [0.5, 0.6) is 0 Å². The molecule has 0 amide bonds. The van der Waals surface area contributed by atoms with Gasteiger partial charge in [-0.3, -0.25) is 4.79 Å². The molecule has 0 bridgehead atoms. The van der Waals surface area contributed by atoms with Gasteiger partial charge in [0.15, 0.2) is 0 Å². The number of hydrogen-bond donors (Lipinski definition) is 0. The molecule has 1 heterocycles. The monoisotopic (exact) mass is 246 g/mol. The minimum Gasteiger partial charge on any atom is -0.462 e. The molecule has 1 saturated carbocycles. The molecule has 0 aromatic heterocycles. The quantitative estimate of drug-likeness (QED) is 0.309. The maximum atomic E-state index is 11.1. The van der Waals surface area contributed by atoms with E-state index < -0.39 is 0 Å². The van der Waals surface area contributed by atoms with Gasteiger partial charge in [0.1, 0.15) is 12.4 Å². The molecule has 1 aliphatic carbocycles. The molecule has 7 heteroatoms. The number of ether oxygens (including phenoxy) is 1. The first-order valence-corrected chi connectivity index (χ1v) is 6.92. The highest BCUT2D eigenvalue weighted by atomic mass is 31.1. The summed E-state index contributed by atoms with van der Waals surface area (Å²) in [4.78, 5) is 22.0. The van der Waals surface area contributed by atoms with E-state index in [9.17, 15) is 9.59 Å². The normalized spacial score (nSPS) is 39.4. The lowest BCUT2D eigenvalue weighted by Crippen LogP contribution is -2.22. The molecule has 1 saturated heterocycles. The fraction of sp³-hybridized carbons (Fsp3) is 0.750. The molecule has 2 rings (SSSR count). The number of hydrogen-bond acceptors (Lipinski definition) is 4. The summed E-state index contributed by atoms with van der Waals surface area (Å²) >= 11 is 0. The topological polar surface area (TPSA) is 52.6 Å². The van der Waals surface area contributed by atoms with Gasteiger partial charge in [-0.1, -0.05) is 0 Å². The van der Waals surface area contributed by atoms with Gasteiger partial charge in [-0.05, 0) is 8.69 Å². The summed E-state index contributed by atoms with van der Waals surface area (Å²) in [5.74, 6) is -0.288. The van der Waals surface area contributed by atoms with E-state index in [1.807, 2.05) is 0 Å². The average molecular weight is 246 g/mol. The Hall–Kier alpha value is 0.0249. The summed E-state index contributed by atoms with van der Waals surface area (Å²) in [7, 11) is 3.00. The van der Waals surface area contributed by atoms with Crippen LogP contribution in [0.1, 0.15) is 12.8 Å². The first-order chi connectivity index (χ1) is 7.26. The van der Waals surface area contributed by atoms with Crippen molar-refractivity contribution >= 4 is 36.8 Å². The Morgan fingerprint density at radius 1 is 1.67 bits per heavy atom. The second-order valence-corrected chi connectivity index (χ2v) is 6.01. The SMILES string of the molecule is O=C[C@@H]1[C@H]2CC(=O)O[C@H]2C[C@H]1OPBP. The van der Waals surface area contributed by atoms with Crippen molar-refractivity contribution in [3.63, 3.8) is 0 Å². The van der Waals surface area contributed by atoms with E-state index >= 15 is 0 Å². The van der Waals surface area contributed by atoms with E-state index in [0.29, 0.717) is 21.5 Å². The van der Waals surface area contributed by atoms with Crippen LogP contribution in [-0.2, 0) is 18.8 Å². The van der Waals surface area contributed by atoms with Gasteiger partial charge in [0, 0.05) is 18.3 Å². The molecule has 2 unspecified atom stereocenters. The number of carbonyl (C=O) groups is 2. The predicted octanol–water partition coefficient (Wildman–Crippen LogP) is 0.257. The first kappa shape index (κ1) is 11.5. The van der Waals surface area contributed by atoms with Crippen molar-refractivity contribution in [3.05, 3.63) is 0 Å². The zero-order valence-electron chi connectivity index (χ0n) is 8.22. The average Bonchev–Trinajstić information content (AvgIpc) is 2.70. The van der Waals surface area contributed by atoms with Gasteiger partial charge in [0.2, 0.25) is 6.72 Å². The van der Waals surface area contributed by atoms with Crippen LogP contribution in [0, 0.1) is 11.8 Å². The second kappa shape index (κ2) is 4.90. The van der Waals surface area contributed by atoms with Gasteiger partial charge in [0.25, 0.3) is 0 Å². The standard InChI is InChI=1S/C8H13BO4P2/c10-3-5-4-1-8(11)12-6(4)2-7(5)13-15-9-14/h3-7,9,15H,1-2,14H2/t4-,5-,6+,7-/m1/s1. The van der Waals surface area contributed by atoms with Crippen LogP contribution in [0.3, 0.4) is 0 Å². The Morgan fingerprint density at radius 3 is 3.13 bits per heavy atom. The van der Waals surface area contributed by atoms with Crippen molar-refractivity contribution in [3.8, 4) is 0 Å². The molecule has 6 atom stereocenters. The maximum Gasteiger partial charge on any atom is 0.306 e. The molecular formula is C8H13BO4P2. The lowest BCUT2D eigenvalue weighted by atomic mass is 9.94. The molecular weight excluding hydrogens is 233 g/mol. The van der Waals surface area contributed by atoms with Crippen LogP contribution in [-0.4, -0.2) is 31.2 Å².